The Kier molecular flexibility index (Phi) is 7.71. The van der Waals surface area contributed by atoms with Crippen molar-refractivity contribution < 1.29 is 22.7 Å². The van der Waals surface area contributed by atoms with Crippen molar-refractivity contribution in [1.82, 2.24) is 5.32 Å². The first-order valence-corrected chi connectivity index (χ1v) is 10.8. The number of halogens is 1. The molecule has 28 heavy (non-hydrogen) atoms. The van der Waals surface area contributed by atoms with Crippen molar-refractivity contribution in [2.24, 2.45) is 0 Å². The highest BCUT2D eigenvalue weighted by Gasteiger charge is 2.17. The minimum Gasteiger partial charge on any atom is -0.493 e. The fraction of sp³-hybridized carbons (Fsp3) is 0.350. The van der Waals surface area contributed by atoms with Gasteiger partial charge >= 0.3 is 0 Å². The normalized spacial score (nSPS) is 11.1. The number of ether oxygens (including phenoxy) is 2. The number of aryl methyl sites for hydroxylation is 1. The van der Waals surface area contributed by atoms with Crippen LogP contribution >= 0.6 is 11.6 Å². The lowest BCUT2D eigenvalue weighted by atomic mass is 10.2. The Morgan fingerprint density at radius 1 is 1.18 bits per heavy atom. The largest absolute Gasteiger partial charge is 0.493 e. The summed E-state index contributed by atoms with van der Waals surface area (Å²) in [5, 5.41) is 3.09. The molecule has 0 aliphatic carbocycles. The predicted octanol–water partition coefficient (Wildman–Crippen LogP) is 3.54. The maximum Gasteiger partial charge on any atom is 0.221 e. The molecule has 0 bridgehead atoms. The molecule has 152 valence electrons. The second-order valence-electron chi connectivity index (χ2n) is 6.20. The summed E-state index contributed by atoms with van der Waals surface area (Å²) in [5.74, 6) is 0.307. The quantitative estimate of drug-likeness (QED) is 0.664. The van der Waals surface area contributed by atoms with Gasteiger partial charge in [-0.1, -0.05) is 29.3 Å². The van der Waals surface area contributed by atoms with E-state index in [9.17, 15) is 13.2 Å². The molecular formula is C20H24ClNO5S. The third kappa shape index (κ3) is 5.87. The molecule has 0 aliphatic rings. The maximum absolute atomic E-state index is 12.3. The van der Waals surface area contributed by atoms with Crippen LogP contribution in [0.1, 0.15) is 24.5 Å². The van der Waals surface area contributed by atoms with Crippen LogP contribution in [0.3, 0.4) is 0 Å². The summed E-state index contributed by atoms with van der Waals surface area (Å²) in [6.07, 6.45) is -0.127. The number of amides is 1. The van der Waals surface area contributed by atoms with Crippen molar-refractivity contribution in [1.29, 1.82) is 0 Å². The zero-order valence-corrected chi connectivity index (χ0v) is 17.7. The summed E-state index contributed by atoms with van der Waals surface area (Å²) in [5.41, 5.74) is 1.70. The highest BCUT2D eigenvalue weighted by Crippen LogP contribution is 2.36. The fourth-order valence-electron chi connectivity index (χ4n) is 2.54. The Morgan fingerprint density at radius 2 is 1.86 bits per heavy atom. The van der Waals surface area contributed by atoms with Crippen molar-refractivity contribution in [3.05, 3.63) is 52.5 Å². The van der Waals surface area contributed by atoms with E-state index in [-0.39, 0.29) is 29.5 Å². The van der Waals surface area contributed by atoms with Crippen LogP contribution in [-0.2, 0) is 21.2 Å². The zero-order valence-electron chi connectivity index (χ0n) is 16.1. The van der Waals surface area contributed by atoms with Gasteiger partial charge in [-0.15, -0.1) is 0 Å². The molecule has 8 heteroatoms. The van der Waals surface area contributed by atoms with Crippen LogP contribution in [0.5, 0.6) is 11.5 Å². The van der Waals surface area contributed by atoms with Crippen LogP contribution in [0.2, 0.25) is 5.02 Å². The van der Waals surface area contributed by atoms with Gasteiger partial charge in [0.05, 0.1) is 29.4 Å². The van der Waals surface area contributed by atoms with Crippen LogP contribution in [0.25, 0.3) is 0 Å². The molecule has 0 saturated carbocycles. The molecule has 0 aromatic heterocycles. The number of methoxy groups -OCH3 is 1. The standard InChI is InChI=1S/C20H24ClNO5S/c1-4-27-20-17(21)11-15(12-18(20)26-3)13-22-19(23)9-10-28(24,25)16-7-5-14(2)6-8-16/h5-8,11-12H,4,9-10,13H2,1-3H3,(H,22,23). The Labute approximate surface area is 170 Å². The van der Waals surface area contributed by atoms with Crippen LogP contribution in [0, 0.1) is 6.92 Å². The van der Waals surface area contributed by atoms with E-state index in [4.69, 9.17) is 21.1 Å². The molecule has 1 N–H and O–H groups in total. The van der Waals surface area contributed by atoms with E-state index in [0.29, 0.717) is 23.1 Å². The molecule has 0 spiro atoms. The van der Waals surface area contributed by atoms with Gasteiger partial charge in [0, 0.05) is 13.0 Å². The summed E-state index contributed by atoms with van der Waals surface area (Å²) in [6, 6.07) is 9.97. The Bertz CT molecular complexity index is 926. The second-order valence-corrected chi connectivity index (χ2v) is 8.72. The molecular weight excluding hydrogens is 402 g/mol. The van der Waals surface area contributed by atoms with Crippen molar-refractivity contribution in [3.8, 4) is 11.5 Å². The molecule has 0 fully saturated rings. The molecule has 6 nitrogen and oxygen atoms in total. The number of hydrogen-bond donors (Lipinski definition) is 1. The van der Waals surface area contributed by atoms with Crippen LogP contribution in [0.15, 0.2) is 41.3 Å². The number of carbonyl (C=O) groups excluding carboxylic acids is 1. The zero-order chi connectivity index (χ0) is 20.7. The van der Waals surface area contributed by atoms with Gasteiger partial charge in [0.15, 0.2) is 21.3 Å². The lowest BCUT2D eigenvalue weighted by molar-refractivity contribution is -0.120. The van der Waals surface area contributed by atoms with Gasteiger partial charge in [-0.25, -0.2) is 8.42 Å². The van der Waals surface area contributed by atoms with Gasteiger partial charge in [0.1, 0.15) is 0 Å². The Hall–Kier alpha value is -2.25. The summed E-state index contributed by atoms with van der Waals surface area (Å²) < 4.78 is 35.4. The summed E-state index contributed by atoms with van der Waals surface area (Å²) >= 11 is 6.21. The molecule has 2 aromatic rings. The van der Waals surface area contributed by atoms with E-state index in [0.717, 1.165) is 11.1 Å². The predicted molar refractivity (Wildman–Crippen MR) is 109 cm³/mol. The van der Waals surface area contributed by atoms with Crippen molar-refractivity contribution in [2.45, 2.75) is 31.7 Å². The third-order valence-electron chi connectivity index (χ3n) is 4.05. The van der Waals surface area contributed by atoms with E-state index in [1.54, 1.807) is 36.4 Å². The minimum absolute atomic E-state index is 0.127. The van der Waals surface area contributed by atoms with E-state index in [1.165, 1.54) is 7.11 Å². The first-order chi connectivity index (χ1) is 13.3. The maximum atomic E-state index is 12.3. The highest BCUT2D eigenvalue weighted by molar-refractivity contribution is 7.91. The smallest absolute Gasteiger partial charge is 0.221 e. The van der Waals surface area contributed by atoms with E-state index in [2.05, 4.69) is 5.32 Å². The lowest BCUT2D eigenvalue weighted by Crippen LogP contribution is -2.25. The molecule has 2 rings (SSSR count). The van der Waals surface area contributed by atoms with Gasteiger partial charge in [0.2, 0.25) is 5.91 Å². The second kappa shape index (κ2) is 9.80. The molecule has 1 amide bonds. The average molecular weight is 426 g/mol. The molecule has 0 heterocycles. The van der Waals surface area contributed by atoms with Crippen LogP contribution in [0.4, 0.5) is 0 Å². The molecule has 0 unspecified atom stereocenters. The van der Waals surface area contributed by atoms with Crippen molar-refractivity contribution in [3.63, 3.8) is 0 Å². The van der Waals surface area contributed by atoms with Gasteiger partial charge in [0.25, 0.3) is 0 Å². The fourth-order valence-corrected chi connectivity index (χ4v) is 4.07. The molecule has 0 saturated heterocycles. The number of sulfone groups is 1. The van der Waals surface area contributed by atoms with Gasteiger partial charge in [-0.2, -0.15) is 0 Å². The highest BCUT2D eigenvalue weighted by atomic mass is 35.5. The van der Waals surface area contributed by atoms with E-state index in [1.807, 2.05) is 13.8 Å². The SMILES string of the molecule is CCOc1c(Cl)cc(CNC(=O)CCS(=O)(=O)c2ccc(C)cc2)cc1OC. The monoisotopic (exact) mass is 425 g/mol. The Morgan fingerprint density at radius 3 is 2.46 bits per heavy atom. The van der Waals surface area contributed by atoms with Crippen LogP contribution in [-0.4, -0.2) is 33.8 Å². The minimum atomic E-state index is -3.50. The molecule has 0 radical (unpaired) electrons. The number of rotatable bonds is 9. The topological polar surface area (TPSA) is 81.7 Å². The van der Waals surface area contributed by atoms with Gasteiger partial charge in [-0.3, -0.25) is 4.79 Å². The molecule has 2 aromatic carbocycles. The van der Waals surface area contributed by atoms with E-state index < -0.39 is 9.84 Å². The summed E-state index contributed by atoms with van der Waals surface area (Å²) in [7, 11) is -2.00. The first kappa shape index (κ1) is 22.0. The van der Waals surface area contributed by atoms with Crippen molar-refractivity contribution >= 4 is 27.3 Å². The van der Waals surface area contributed by atoms with Crippen LogP contribution < -0.4 is 14.8 Å². The Balaban J connectivity index is 1.95. The summed E-state index contributed by atoms with van der Waals surface area (Å²) in [4.78, 5) is 12.3. The average Bonchev–Trinajstić information content (AvgIpc) is 2.67. The van der Waals surface area contributed by atoms with Gasteiger partial charge in [-0.05, 0) is 43.7 Å². The number of benzene rings is 2. The van der Waals surface area contributed by atoms with Gasteiger partial charge < -0.3 is 14.8 Å². The number of nitrogens with one attached hydrogen (secondary N) is 1. The number of hydrogen-bond acceptors (Lipinski definition) is 5. The molecule has 0 atom stereocenters. The summed E-state index contributed by atoms with van der Waals surface area (Å²) in [6.45, 7) is 4.37. The van der Waals surface area contributed by atoms with E-state index >= 15 is 0 Å². The van der Waals surface area contributed by atoms with Crippen molar-refractivity contribution in [2.75, 3.05) is 19.5 Å². The first-order valence-electron chi connectivity index (χ1n) is 8.82. The lowest BCUT2D eigenvalue weighted by Gasteiger charge is -2.13. The number of carbonyl (C=O) groups is 1. The molecule has 0 aliphatic heterocycles. The third-order valence-corrected chi connectivity index (χ3v) is 6.06.